The van der Waals surface area contributed by atoms with Crippen LogP contribution in [0.5, 0.6) is 0 Å². The topological polar surface area (TPSA) is 143 Å². The van der Waals surface area contributed by atoms with Crippen molar-refractivity contribution in [1.29, 1.82) is 0 Å². The summed E-state index contributed by atoms with van der Waals surface area (Å²) in [5.41, 5.74) is 2.16. The fourth-order valence-electron chi connectivity index (χ4n) is 6.43. The fourth-order valence-corrected chi connectivity index (χ4v) is 7.98. The third-order valence-corrected chi connectivity index (χ3v) is 10.4. The molecule has 53 heavy (non-hydrogen) atoms. The molecule has 0 radical (unpaired) electrons. The van der Waals surface area contributed by atoms with E-state index in [9.17, 15) is 24.0 Å². The van der Waals surface area contributed by atoms with Gasteiger partial charge in [0, 0.05) is 12.3 Å². The summed E-state index contributed by atoms with van der Waals surface area (Å²) in [6, 6.07) is 27.2. The number of nitrogens with one attached hydrogen (secondary N) is 3. The Morgan fingerprint density at radius 1 is 0.811 bits per heavy atom. The number of rotatable bonds is 15. The minimum absolute atomic E-state index is 0.0454. The van der Waals surface area contributed by atoms with E-state index in [1.165, 1.54) is 23.8 Å². The van der Waals surface area contributed by atoms with Crippen LogP contribution in [0.3, 0.4) is 0 Å². The summed E-state index contributed by atoms with van der Waals surface area (Å²) in [5.74, 6) is -1.87. The SMILES string of the molecule is COC(=O)CNC(=O)[C@H](CC(C)C)NC(=O)[C@@H]1CCCN1C(=O)[C@H](CSC(c1ccccc1)(c1ccccc1)c1ccccc1)NC(=O)OC(C)(C)C. The second-order valence-electron chi connectivity index (χ2n) is 14.5. The summed E-state index contributed by atoms with van der Waals surface area (Å²) in [5, 5.41) is 8.20. The highest BCUT2D eigenvalue weighted by molar-refractivity contribution is 8.00. The molecule has 3 N–H and O–H groups in total. The van der Waals surface area contributed by atoms with E-state index in [2.05, 4.69) is 57.1 Å². The average Bonchev–Trinajstić information content (AvgIpc) is 3.64. The number of nitrogens with zero attached hydrogens (tertiary/aromatic N) is 1. The van der Waals surface area contributed by atoms with Gasteiger partial charge in [-0.1, -0.05) is 105 Å². The summed E-state index contributed by atoms with van der Waals surface area (Å²) in [7, 11) is 1.22. The molecule has 0 aliphatic carbocycles. The van der Waals surface area contributed by atoms with Crippen LogP contribution in [0.15, 0.2) is 91.0 Å². The molecule has 0 saturated carbocycles. The number of hydrogen-bond donors (Lipinski definition) is 3. The van der Waals surface area contributed by atoms with E-state index in [1.54, 1.807) is 20.8 Å². The number of esters is 1. The number of methoxy groups -OCH3 is 1. The second kappa shape index (κ2) is 18.8. The molecule has 11 nitrogen and oxygen atoms in total. The molecule has 1 aliphatic heterocycles. The number of carbonyl (C=O) groups is 5. The highest BCUT2D eigenvalue weighted by atomic mass is 32.2. The van der Waals surface area contributed by atoms with Gasteiger partial charge in [0.15, 0.2) is 0 Å². The Hall–Kier alpha value is -4.84. The van der Waals surface area contributed by atoms with Gasteiger partial charge in [-0.15, -0.1) is 11.8 Å². The second-order valence-corrected chi connectivity index (χ2v) is 15.7. The maximum Gasteiger partial charge on any atom is 0.408 e. The van der Waals surface area contributed by atoms with Crippen molar-refractivity contribution in [2.75, 3.05) is 26.0 Å². The highest BCUT2D eigenvalue weighted by Crippen LogP contribution is 2.48. The summed E-state index contributed by atoms with van der Waals surface area (Å²) in [6.07, 6.45) is 0.506. The van der Waals surface area contributed by atoms with Gasteiger partial charge >= 0.3 is 12.1 Å². The van der Waals surface area contributed by atoms with Gasteiger partial charge in [0.1, 0.15) is 30.3 Å². The molecule has 3 aromatic carbocycles. The molecule has 3 aromatic rings. The fraction of sp³-hybridized carbons (Fsp3) is 0.439. The Morgan fingerprint density at radius 3 is 1.81 bits per heavy atom. The lowest BCUT2D eigenvalue weighted by Gasteiger charge is -2.37. The van der Waals surface area contributed by atoms with Crippen LogP contribution in [0.25, 0.3) is 0 Å². The molecule has 3 atom stereocenters. The van der Waals surface area contributed by atoms with Gasteiger partial charge in [-0.05, 0) is 62.6 Å². The highest BCUT2D eigenvalue weighted by Gasteiger charge is 2.42. The van der Waals surface area contributed by atoms with E-state index in [0.29, 0.717) is 25.8 Å². The van der Waals surface area contributed by atoms with E-state index < -0.39 is 58.3 Å². The molecule has 284 valence electrons. The van der Waals surface area contributed by atoms with Crippen molar-refractivity contribution in [3.8, 4) is 0 Å². The van der Waals surface area contributed by atoms with Gasteiger partial charge in [0.05, 0.1) is 11.9 Å². The molecule has 4 rings (SSSR count). The largest absolute Gasteiger partial charge is 0.468 e. The zero-order valence-corrected chi connectivity index (χ0v) is 32.2. The minimum Gasteiger partial charge on any atom is -0.468 e. The molecule has 12 heteroatoms. The van der Waals surface area contributed by atoms with E-state index in [-0.39, 0.29) is 18.2 Å². The summed E-state index contributed by atoms with van der Waals surface area (Å²) < 4.78 is 9.47. The Kier molecular flexibility index (Phi) is 14.5. The number of hydrogen-bond acceptors (Lipinski definition) is 8. The van der Waals surface area contributed by atoms with E-state index in [1.807, 2.05) is 68.4 Å². The van der Waals surface area contributed by atoms with Crippen molar-refractivity contribution in [2.45, 2.75) is 82.4 Å². The summed E-state index contributed by atoms with van der Waals surface area (Å²) >= 11 is 1.52. The minimum atomic E-state index is -1.08. The van der Waals surface area contributed by atoms with Crippen LogP contribution in [0, 0.1) is 5.92 Å². The smallest absolute Gasteiger partial charge is 0.408 e. The first-order valence-corrected chi connectivity index (χ1v) is 19.0. The monoisotopic (exact) mass is 744 g/mol. The molecule has 1 fully saturated rings. The first kappa shape index (κ1) is 40.9. The van der Waals surface area contributed by atoms with Crippen LogP contribution >= 0.6 is 11.8 Å². The average molecular weight is 745 g/mol. The number of likely N-dealkylation sites (tertiary alicyclic amines) is 1. The predicted octanol–water partition coefficient (Wildman–Crippen LogP) is 5.42. The van der Waals surface area contributed by atoms with E-state index >= 15 is 0 Å². The number of ether oxygens (including phenoxy) is 2. The zero-order valence-electron chi connectivity index (χ0n) is 31.4. The molecule has 0 unspecified atom stereocenters. The maximum absolute atomic E-state index is 14.6. The molecule has 1 heterocycles. The quantitative estimate of drug-likeness (QED) is 0.139. The first-order valence-electron chi connectivity index (χ1n) is 18.0. The van der Waals surface area contributed by atoms with Gasteiger partial charge in [0.2, 0.25) is 17.7 Å². The van der Waals surface area contributed by atoms with Crippen molar-refractivity contribution in [2.24, 2.45) is 5.92 Å². The maximum atomic E-state index is 14.6. The molecule has 1 aliphatic rings. The van der Waals surface area contributed by atoms with Crippen molar-refractivity contribution < 1.29 is 33.4 Å². The van der Waals surface area contributed by atoms with Gasteiger partial charge in [-0.3, -0.25) is 19.2 Å². The number of benzene rings is 3. The predicted molar refractivity (Wildman–Crippen MR) is 206 cm³/mol. The lowest BCUT2D eigenvalue weighted by Crippen LogP contribution is -2.57. The Bertz CT molecular complexity index is 1590. The standard InChI is InChI=1S/C41H52N4O7S/c1-28(2)25-32(36(47)42-26-35(46)51-6)43-37(48)34-23-16-24-45(34)38(49)33(44-39(50)52-40(3,4)5)27-53-41(29-17-10-7-11-18-29,30-19-12-8-13-20-30)31-21-14-9-15-22-31/h7-15,17-22,28,32-34H,16,23-27H2,1-6H3,(H,42,47)(H,43,48)(H,44,50)/t32-,33-,34-/m0/s1. The summed E-state index contributed by atoms with van der Waals surface area (Å²) in [4.78, 5) is 68.0. The van der Waals surface area contributed by atoms with Crippen molar-refractivity contribution in [1.82, 2.24) is 20.9 Å². The number of alkyl carbamates (subject to hydrolysis) is 1. The molecule has 0 spiro atoms. The van der Waals surface area contributed by atoms with Gasteiger partial charge in [-0.2, -0.15) is 0 Å². The van der Waals surface area contributed by atoms with E-state index in [4.69, 9.17) is 4.74 Å². The van der Waals surface area contributed by atoms with Gasteiger partial charge < -0.3 is 30.3 Å². The van der Waals surface area contributed by atoms with Crippen molar-refractivity contribution in [3.05, 3.63) is 108 Å². The normalized spacial score (nSPS) is 15.6. The van der Waals surface area contributed by atoms with Crippen LogP contribution in [0.2, 0.25) is 0 Å². The third kappa shape index (κ3) is 11.1. The van der Waals surface area contributed by atoms with Crippen LogP contribution in [-0.4, -0.2) is 84.4 Å². The van der Waals surface area contributed by atoms with Crippen LogP contribution < -0.4 is 16.0 Å². The van der Waals surface area contributed by atoms with Gasteiger partial charge in [-0.25, -0.2) is 4.79 Å². The first-order chi connectivity index (χ1) is 25.2. The van der Waals surface area contributed by atoms with Crippen molar-refractivity contribution >= 4 is 41.5 Å². The third-order valence-electron chi connectivity index (χ3n) is 8.81. The van der Waals surface area contributed by atoms with Gasteiger partial charge in [0.25, 0.3) is 0 Å². The molecule has 4 amide bonds. The lowest BCUT2D eigenvalue weighted by atomic mass is 9.84. The number of thioether (sulfide) groups is 1. The Morgan fingerprint density at radius 2 is 1.34 bits per heavy atom. The molecule has 0 aromatic heterocycles. The summed E-state index contributed by atoms with van der Waals surface area (Å²) in [6.45, 7) is 9.04. The van der Waals surface area contributed by atoms with Crippen LogP contribution in [-0.2, 0) is 33.4 Å². The zero-order chi connectivity index (χ0) is 38.6. The van der Waals surface area contributed by atoms with Crippen LogP contribution in [0.4, 0.5) is 4.79 Å². The molecule has 1 saturated heterocycles. The molecular weight excluding hydrogens is 693 g/mol. The Labute approximate surface area is 317 Å². The van der Waals surface area contributed by atoms with E-state index in [0.717, 1.165) is 16.7 Å². The number of amides is 4. The van der Waals surface area contributed by atoms with Crippen LogP contribution in [0.1, 0.15) is 70.6 Å². The Balaban J connectivity index is 1.67. The van der Waals surface area contributed by atoms with Crippen molar-refractivity contribution in [3.63, 3.8) is 0 Å². The molecular formula is C41H52N4O7S. The lowest BCUT2D eigenvalue weighted by molar-refractivity contribution is -0.142. The molecule has 0 bridgehead atoms. The number of carbonyl (C=O) groups excluding carboxylic acids is 5.